The minimum absolute atomic E-state index is 0.0917. The second-order valence-corrected chi connectivity index (χ2v) is 6.71. The van der Waals surface area contributed by atoms with Gasteiger partial charge in [-0.2, -0.15) is 0 Å². The van der Waals surface area contributed by atoms with Crippen LogP contribution in [0.3, 0.4) is 0 Å². The summed E-state index contributed by atoms with van der Waals surface area (Å²) in [6, 6.07) is 5.51. The predicted molar refractivity (Wildman–Crippen MR) is 83.4 cm³/mol. The number of aromatic nitrogens is 3. The molecule has 0 aromatic carbocycles. The van der Waals surface area contributed by atoms with Crippen molar-refractivity contribution in [3.63, 3.8) is 0 Å². The minimum atomic E-state index is 0.0917. The number of hydrogen-bond acceptors (Lipinski definition) is 6. The van der Waals surface area contributed by atoms with E-state index in [9.17, 15) is 9.59 Å². The van der Waals surface area contributed by atoms with E-state index < -0.39 is 0 Å². The number of fused-ring (bicyclic) bond motifs is 4. The van der Waals surface area contributed by atoms with E-state index in [1.807, 2.05) is 16.7 Å². The molecule has 1 amide bonds. The van der Waals surface area contributed by atoms with Crippen molar-refractivity contribution >= 4 is 28.0 Å². The number of piperidine rings is 1. The average molecular weight is 317 g/mol. The fourth-order valence-corrected chi connectivity index (χ4v) is 4.23. The molecule has 2 bridgehead atoms. The normalized spacial score (nSPS) is 23.0. The molecular weight excluding hydrogens is 302 g/mol. The molecule has 0 saturated carbocycles. The van der Waals surface area contributed by atoms with Gasteiger partial charge in [-0.3, -0.25) is 9.59 Å². The molecule has 4 rings (SSSR count). The molecule has 0 radical (unpaired) electrons. The lowest BCUT2D eigenvalue weighted by Gasteiger charge is -2.42. The molecule has 114 valence electrons. The quantitative estimate of drug-likeness (QED) is 0.851. The van der Waals surface area contributed by atoms with Gasteiger partial charge in [0.25, 0.3) is 5.56 Å². The lowest BCUT2D eigenvalue weighted by Crippen LogP contribution is -2.47. The van der Waals surface area contributed by atoms with Crippen LogP contribution in [0.15, 0.2) is 23.0 Å². The Morgan fingerprint density at radius 2 is 2.18 bits per heavy atom. The zero-order valence-electron chi connectivity index (χ0n) is 11.8. The molecule has 0 spiro atoms. The number of carbonyl (C=O) groups is 1. The van der Waals surface area contributed by atoms with E-state index in [4.69, 9.17) is 0 Å². The molecule has 7 nitrogen and oxygen atoms in total. The highest BCUT2D eigenvalue weighted by atomic mass is 32.1. The third-order valence-electron chi connectivity index (χ3n) is 4.35. The molecule has 1 fully saturated rings. The number of nitrogens with zero attached hydrogens (tertiary/aromatic N) is 4. The van der Waals surface area contributed by atoms with Crippen molar-refractivity contribution in [3.8, 4) is 0 Å². The van der Waals surface area contributed by atoms with Crippen molar-refractivity contribution in [1.82, 2.24) is 14.8 Å². The van der Waals surface area contributed by atoms with E-state index >= 15 is 0 Å². The lowest BCUT2D eigenvalue weighted by molar-refractivity contribution is -0.105. The summed E-state index contributed by atoms with van der Waals surface area (Å²) in [5.74, 6) is 0.783. The van der Waals surface area contributed by atoms with E-state index in [2.05, 4.69) is 20.4 Å². The molecule has 1 saturated heterocycles. The van der Waals surface area contributed by atoms with Gasteiger partial charge in [-0.05, 0) is 18.4 Å². The molecule has 1 N–H and O–H groups in total. The Hall–Kier alpha value is -2.22. The van der Waals surface area contributed by atoms with E-state index in [0.29, 0.717) is 23.4 Å². The van der Waals surface area contributed by atoms with E-state index in [1.54, 1.807) is 6.07 Å². The van der Waals surface area contributed by atoms with Crippen LogP contribution in [0.1, 0.15) is 18.0 Å². The number of nitrogens with one attached hydrogen (secondary N) is 1. The SMILES string of the molecule is O=CNc1nnc(N2C[C@H]3C[C@@H](C2)c2cccc(=O)n2C3)s1. The zero-order valence-corrected chi connectivity index (χ0v) is 12.6. The lowest BCUT2D eigenvalue weighted by atomic mass is 9.83. The van der Waals surface area contributed by atoms with Gasteiger partial charge in [0.05, 0.1) is 0 Å². The number of rotatable bonds is 3. The molecule has 2 atom stereocenters. The highest BCUT2D eigenvalue weighted by Gasteiger charge is 2.35. The van der Waals surface area contributed by atoms with Crippen molar-refractivity contribution in [3.05, 3.63) is 34.2 Å². The molecule has 2 aliphatic rings. The first-order chi connectivity index (χ1) is 10.7. The topological polar surface area (TPSA) is 80.1 Å². The van der Waals surface area contributed by atoms with Crippen molar-refractivity contribution < 1.29 is 4.79 Å². The van der Waals surface area contributed by atoms with Gasteiger partial charge in [-0.15, -0.1) is 10.2 Å². The van der Waals surface area contributed by atoms with Crippen molar-refractivity contribution in [2.24, 2.45) is 5.92 Å². The van der Waals surface area contributed by atoms with E-state index in [1.165, 1.54) is 11.3 Å². The van der Waals surface area contributed by atoms with Crippen molar-refractivity contribution in [2.45, 2.75) is 18.9 Å². The predicted octanol–water partition coefficient (Wildman–Crippen LogP) is 0.892. The monoisotopic (exact) mass is 317 g/mol. The number of anilines is 2. The molecule has 4 heterocycles. The third kappa shape index (κ3) is 2.19. The molecule has 2 aliphatic heterocycles. The summed E-state index contributed by atoms with van der Waals surface area (Å²) in [7, 11) is 0. The minimum Gasteiger partial charge on any atom is -0.346 e. The van der Waals surface area contributed by atoms with Gasteiger partial charge >= 0.3 is 0 Å². The number of carbonyl (C=O) groups excluding carboxylic acids is 1. The van der Waals surface area contributed by atoms with Gasteiger partial charge in [-0.1, -0.05) is 17.4 Å². The second-order valence-electron chi connectivity index (χ2n) is 5.76. The van der Waals surface area contributed by atoms with Crippen LogP contribution in [-0.4, -0.2) is 34.3 Å². The first-order valence-corrected chi connectivity index (χ1v) is 8.04. The Balaban J connectivity index is 1.62. The van der Waals surface area contributed by atoms with Crippen LogP contribution in [0, 0.1) is 5.92 Å². The summed E-state index contributed by atoms with van der Waals surface area (Å²) >= 11 is 1.38. The maximum absolute atomic E-state index is 12.0. The molecule has 2 aromatic heterocycles. The summed E-state index contributed by atoms with van der Waals surface area (Å²) in [6.07, 6.45) is 1.72. The highest BCUT2D eigenvalue weighted by molar-refractivity contribution is 7.19. The van der Waals surface area contributed by atoms with Gasteiger partial charge in [0.2, 0.25) is 16.7 Å². The van der Waals surface area contributed by atoms with Crippen LogP contribution in [0.2, 0.25) is 0 Å². The van der Waals surface area contributed by atoms with Gasteiger partial charge in [0.15, 0.2) is 0 Å². The fraction of sp³-hybridized carbons (Fsp3) is 0.429. The van der Waals surface area contributed by atoms with E-state index in [0.717, 1.165) is 36.9 Å². The maximum Gasteiger partial charge on any atom is 0.250 e. The molecule has 2 aromatic rings. The fourth-order valence-electron chi connectivity index (χ4n) is 3.50. The smallest absolute Gasteiger partial charge is 0.250 e. The largest absolute Gasteiger partial charge is 0.346 e. The Morgan fingerprint density at radius 1 is 1.27 bits per heavy atom. The van der Waals surface area contributed by atoms with E-state index in [-0.39, 0.29) is 5.56 Å². The van der Waals surface area contributed by atoms with Gasteiger partial charge in [-0.25, -0.2) is 0 Å². The van der Waals surface area contributed by atoms with Crippen LogP contribution in [0.5, 0.6) is 0 Å². The van der Waals surface area contributed by atoms with Crippen LogP contribution in [0.4, 0.5) is 10.3 Å². The Labute approximate surface area is 130 Å². The van der Waals surface area contributed by atoms with Crippen molar-refractivity contribution in [1.29, 1.82) is 0 Å². The third-order valence-corrected chi connectivity index (χ3v) is 5.26. The van der Waals surface area contributed by atoms with Gasteiger partial charge in [0, 0.05) is 37.3 Å². The average Bonchev–Trinajstić information content (AvgIpc) is 2.97. The standard InChI is InChI=1S/C14H15N5O2S/c20-8-15-13-16-17-14(22-13)18-5-9-4-10(7-18)11-2-1-3-12(21)19(11)6-9/h1-3,8-10H,4-7H2,(H,15,16,20)/t9-,10+/m1/s1. The number of hydrogen-bond donors (Lipinski definition) is 1. The molecule has 22 heavy (non-hydrogen) atoms. The highest BCUT2D eigenvalue weighted by Crippen LogP contribution is 2.37. The Morgan fingerprint density at radius 3 is 3.05 bits per heavy atom. The van der Waals surface area contributed by atoms with Crippen molar-refractivity contribution in [2.75, 3.05) is 23.3 Å². The van der Waals surface area contributed by atoms with Crippen LogP contribution < -0.4 is 15.8 Å². The summed E-state index contributed by atoms with van der Waals surface area (Å²) in [6.45, 7) is 2.46. The Bertz CT molecular complexity index is 771. The summed E-state index contributed by atoms with van der Waals surface area (Å²) < 4.78 is 1.91. The number of pyridine rings is 1. The summed E-state index contributed by atoms with van der Waals surface area (Å²) in [5, 5.41) is 12.0. The Kier molecular flexibility index (Phi) is 3.18. The van der Waals surface area contributed by atoms with Crippen LogP contribution in [0.25, 0.3) is 0 Å². The maximum atomic E-state index is 12.0. The molecular formula is C14H15N5O2S. The van der Waals surface area contributed by atoms with Gasteiger partial charge < -0.3 is 14.8 Å². The second kappa shape index (κ2) is 5.20. The van der Waals surface area contributed by atoms with Crippen LogP contribution >= 0.6 is 11.3 Å². The van der Waals surface area contributed by atoms with Crippen LogP contribution in [-0.2, 0) is 11.3 Å². The summed E-state index contributed by atoms with van der Waals surface area (Å²) in [4.78, 5) is 24.7. The molecule has 0 unspecified atom stereocenters. The molecule has 0 aliphatic carbocycles. The molecule has 8 heteroatoms. The number of amides is 1. The first-order valence-electron chi connectivity index (χ1n) is 7.23. The zero-order chi connectivity index (χ0) is 15.1. The van der Waals surface area contributed by atoms with Gasteiger partial charge in [0.1, 0.15) is 0 Å². The first kappa shape index (κ1) is 13.4. The summed E-state index contributed by atoms with van der Waals surface area (Å²) in [5.41, 5.74) is 1.21.